The van der Waals surface area contributed by atoms with Gasteiger partial charge < -0.3 is 25.4 Å². The van der Waals surface area contributed by atoms with Gasteiger partial charge in [-0.2, -0.15) is 0 Å². The van der Waals surface area contributed by atoms with Gasteiger partial charge in [-0.15, -0.1) is 0 Å². The third kappa shape index (κ3) is 12.8. The predicted octanol–water partition coefficient (Wildman–Crippen LogP) is 7.32. The van der Waals surface area contributed by atoms with E-state index in [0.29, 0.717) is 18.5 Å². The summed E-state index contributed by atoms with van der Waals surface area (Å²) >= 11 is 0. The Balaban J connectivity index is 2.59. The van der Waals surface area contributed by atoms with Gasteiger partial charge in [0, 0.05) is 18.5 Å². The Bertz CT molecular complexity index is 1230. The predicted molar refractivity (Wildman–Crippen MR) is 177 cm³/mol. The fourth-order valence-corrected chi connectivity index (χ4v) is 4.91. The molecule has 0 aromatic heterocycles. The number of ether oxygens (including phenoxy) is 1. The Hall–Kier alpha value is -3.81. The first-order chi connectivity index (χ1) is 20.6. The topological polar surface area (TPSA) is 108 Å². The lowest BCUT2D eigenvalue weighted by atomic mass is 9.97. The molecule has 0 aliphatic rings. The number of rotatable bonds is 15. The van der Waals surface area contributed by atoms with Crippen molar-refractivity contribution in [1.29, 1.82) is 0 Å². The molecule has 0 aliphatic heterocycles. The van der Waals surface area contributed by atoms with Crippen LogP contribution >= 0.6 is 0 Å². The van der Waals surface area contributed by atoms with Gasteiger partial charge >= 0.3 is 6.09 Å². The van der Waals surface area contributed by atoms with E-state index in [-0.39, 0.29) is 18.1 Å². The first-order valence-corrected chi connectivity index (χ1v) is 15.8. The highest BCUT2D eigenvalue weighted by Crippen LogP contribution is 2.27. The number of hydrogen-bond acceptors (Lipinski definition) is 5. The van der Waals surface area contributed by atoms with Gasteiger partial charge in [0.1, 0.15) is 23.4 Å². The fraction of sp³-hybridized carbons (Fsp3) is 0.528. The molecular formula is C36H53N3O5. The van der Waals surface area contributed by atoms with Gasteiger partial charge in [-0.3, -0.25) is 9.59 Å². The van der Waals surface area contributed by atoms with E-state index in [4.69, 9.17) is 4.74 Å². The number of aromatic hydroxyl groups is 1. The maximum atomic E-state index is 14.6. The molecule has 0 radical (unpaired) electrons. The molecule has 2 unspecified atom stereocenters. The van der Waals surface area contributed by atoms with E-state index in [9.17, 15) is 19.5 Å². The molecule has 3 amide bonds. The normalized spacial score (nSPS) is 13.0. The van der Waals surface area contributed by atoms with E-state index in [2.05, 4.69) is 24.1 Å². The molecule has 8 nitrogen and oxygen atoms in total. The molecule has 0 aliphatic carbocycles. The number of phenols is 1. The number of hydrogen-bond donors (Lipinski definition) is 3. The second-order valence-corrected chi connectivity index (χ2v) is 13.4. The summed E-state index contributed by atoms with van der Waals surface area (Å²) in [6.07, 6.45) is 7.18. The second kappa shape index (κ2) is 16.9. The Morgan fingerprint density at radius 2 is 1.59 bits per heavy atom. The zero-order valence-corrected chi connectivity index (χ0v) is 27.7. The molecule has 44 heavy (non-hydrogen) atoms. The minimum atomic E-state index is -1.03. The summed E-state index contributed by atoms with van der Waals surface area (Å²) in [4.78, 5) is 43.3. The van der Waals surface area contributed by atoms with Crippen LogP contribution in [-0.2, 0) is 20.7 Å². The third-order valence-electron chi connectivity index (χ3n) is 6.92. The molecule has 242 valence electrons. The Morgan fingerprint density at radius 1 is 0.955 bits per heavy atom. The van der Waals surface area contributed by atoms with Gasteiger partial charge in [-0.1, -0.05) is 82.0 Å². The van der Waals surface area contributed by atoms with Crippen molar-refractivity contribution in [2.75, 3.05) is 6.54 Å². The van der Waals surface area contributed by atoms with Crippen LogP contribution in [0.25, 0.3) is 6.08 Å². The van der Waals surface area contributed by atoms with Crippen LogP contribution in [0.5, 0.6) is 5.75 Å². The molecular weight excluding hydrogens is 554 g/mol. The molecule has 0 heterocycles. The second-order valence-electron chi connectivity index (χ2n) is 13.4. The monoisotopic (exact) mass is 607 g/mol. The maximum absolute atomic E-state index is 14.6. The van der Waals surface area contributed by atoms with Gasteiger partial charge in [0.05, 0.1) is 0 Å². The maximum Gasteiger partial charge on any atom is 0.408 e. The Kier molecular flexibility index (Phi) is 14.0. The van der Waals surface area contributed by atoms with Crippen molar-refractivity contribution in [2.24, 2.45) is 0 Å². The van der Waals surface area contributed by atoms with Crippen LogP contribution in [0, 0.1) is 0 Å². The van der Waals surface area contributed by atoms with E-state index in [1.165, 1.54) is 0 Å². The summed E-state index contributed by atoms with van der Waals surface area (Å²) in [7, 11) is 0. The number of unbranched alkanes of at least 4 members (excludes halogenated alkanes) is 5. The average Bonchev–Trinajstić information content (AvgIpc) is 2.92. The summed E-state index contributed by atoms with van der Waals surface area (Å²) < 4.78 is 5.53. The van der Waals surface area contributed by atoms with Gasteiger partial charge in [-0.05, 0) is 82.9 Å². The molecule has 8 heteroatoms. The van der Waals surface area contributed by atoms with Crippen LogP contribution in [0.2, 0.25) is 0 Å². The van der Waals surface area contributed by atoms with Crippen molar-refractivity contribution in [3.8, 4) is 5.75 Å². The van der Waals surface area contributed by atoms with E-state index < -0.39 is 35.2 Å². The summed E-state index contributed by atoms with van der Waals surface area (Å²) in [5, 5.41) is 15.7. The molecule has 0 saturated carbocycles. The fourth-order valence-electron chi connectivity index (χ4n) is 4.91. The molecule has 0 bridgehead atoms. The highest BCUT2D eigenvalue weighted by atomic mass is 16.6. The Labute approximate surface area is 264 Å². The molecule has 0 saturated heterocycles. The van der Waals surface area contributed by atoms with E-state index in [0.717, 1.165) is 43.2 Å². The molecule has 2 aromatic carbocycles. The smallest absolute Gasteiger partial charge is 0.408 e. The molecule has 2 atom stereocenters. The lowest BCUT2D eigenvalue weighted by molar-refractivity contribution is -0.143. The minimum absolute atomic E-state index is 0.0995. The van der Waals surface area contributed by atoms with Crippen LogP contribution in [0.1, 0.15) is 110 Å². The van der Waals surface area contributed by atoms with Crippen LogP contribution in [0.15, 0.2) is 55.1 Å². The molecule has 3 N–H and O–H groups in total. The largest absolute Gasteiger partial charge is 0.508 e. The van der Waals surface area contributed by atoms with Gasteiger partial charge in [0.2, 0.25) is 11.8 Å². The minimum Gasteiger partial charge on any atom is -0.508 e. The first-order valence-electron chi connectivity index (χ1n) is 15.8. The standard InChI is InChI=1S/C36H53N3O5/c1-9-11-12-13-14-15-23-39(31(32(41)38-35(3,4)5)28-18-16-17-26(10-2)24-28)33(42)30(37-34(43)44-36(6,7)8)25-27-19-21-29(40)22-20-27/h10,16-22,24,30-31,40H,2,9,11-15,23,25H2,1,3-8H3,(H,37,43)(H,38,41). The summed E-state index contributed by atoms with van der Waals surface area (Å²) in [6, 6.07) is 12.0. The van der Waals surface area contributed by atoms with E-state index in [1.54, 1.807) is 56.0 Å². The van der Waals surface area contributed by atoms with E-state index in [1.807, 2.05) is 45.0 Å². The lowest BCUT2D eigenvalue weighted by Gasteiger charge is -2.36. The highest BCUT2D eigenvalue weighted by Gasteiger charge is 2.37. The SMILES string of the molecule is C=Cc1cccc(C(C(=O)NC(C)(C)C)N(CCCCCCCC)C(=O)C(Cc2ccc(O)cc2)NC(=O)OC(C)(C)C)c1. The van der Waals surface area contributed by atoms with Crippen molar-refractivity contribution < 1.29 is 24.2 Å². The van der Waals surface area contributed by atoms with Crippen LogP contribution in [0.4, 0.5) is 4.79 Å². The van der Waals surface area contributed by atoms with Crippen molar-refractivity contribution >= 4 is 24.0 Å². The van der Waals surface area contributed by atoms with Crippen molar-refractivity contribution in [2.45, 2.75) is 117 Å². The number of nitrogens with zero attached hydrogens (tertiary/aromatic N) is 1. The van der Waals surface area contributed by atoms with Crippen LogP contribution in [-0.4, -0.2) is 51.6 Å². The molecule has 2 rings (SSSR count). The number of carbonyl (C=O) groups is 3. The Morgan fingerprint density at radius 3 is 2.18 bits per heavy atom. The zero-order valence-electron chi connectivity index (χ0n) is 27.7. The third-order valence-corrected chi connectivity index (χ3v) is 6.92. The number of benzene rings is 2. The van der Waals surface area contributed by atoms with E-state index >= 15 is 0 Å². The molecule has 0 fully saturated rings. The van der Waals surface area contributed by atoms with Crippen LogP contribution < -0.4 is 10.6 Å². The first kappa shape index (κ1) is 36.4. The zero-order chi connectivity index (χ0) is 32.9. The van der Waals surface area contributed by atoms with Gasteiger partial charge in [0.25, 0.3) is 0 Å². The number of amides is 3. The summed E-state index contributed by atoms with van der Waals surface area (Å²) in [5.74, 6) is -0.600. The number of alkyl carbamates (subject to hydrolysis) is 1. The van der Waals surface area contributed by atoms with Crippen molar-refractivity contribution in [3.63, 3.8) is 0 Å². The quantitative estimate of drug-likeness (QED) is 0.184. The summed E-state index contributed by atoms with van der Waals surface area (Å²) in [5.41, 5.74) is 0.913. The average molecular weight is 608 g/mol. The van der Waals surface area contributed by atoms with Gasteiger partial charge in [-0.25, -0.2) is 4.79 Å². The number of carbonyl (C=O) groups excluding carboxylic acids is 3. The van der Waals surface area contributed by atoms with Crippen LogP contribution in [0.3, 0.4) is 0 Å². The van der Waals surface area contributed by atoms with Crippen molar-refractivity contribution in [1.82, 2.24) is 15.5 Å². The van der Waals surface area contributed by atoms with Crippen molar-refractivity contribution in [3.05, 3.63) is 71.8 Å². The summed E-state index contributed by atoms with van der Waals surface area (Å²) in [6.45, 7) is 17.4. The highest BCUT2D eigenvalue weighted by molar-refractivity contribution is 5.92. The number of nitrogens with one attached hydrogen (secondary N) is 2. The lowest BCUT2D eigenvalue weighted by Crippen LogP contribution is -2.55. The number of phenolic OH excluding ortho intramolecular Hbond substituents is 1. The molecule has 2 aromatic rings. The van der Waals surface area contributed by atoms with Gasteiger partial charge in [0.15, 0.2) is 0 Å². The molecule has 0 spiro atoms.